The van der Waals surface area contributed by atoms with Crippen LogP contribution in [0.5, 0.6) is 0 Å². The first-order valence-electron chi connectivity index (χ1n) is 11.8. The van der Waals surface area contributed by atoms with Crippen molar-refractivity contribution in [2.75, 3.05) is 16.8 Å². The van der Waals surface area contributed by atoms with Gasteiger partial charge >= 0.3 is 0 Å². The Bertz CT molecular complexity index is 1470. The maximum Gasteiger partial charge on any atom is 0.258 e. The summed E-state index contributed by atoms with van der Waals surface area (Å²) in [6, 6.07) is 19.1. The van der Waals surface area contributed by atoms with Crippen molar-refractivity contribution < 1.29 is 9.59 Å². The van der Waals surface area contributed by atoms with Gasteiger partial charge in [0.25, 0.3) is 11.8 Å². The normalized spacial score (nSPS) is 12.5. The topological polar surface area (TPSA) is 67.2 Å². The van der Waals surface area contributed by atoms with Gasteiger partial charge < -0.3 is 10.2 Å². The molecule has 0 bridgehead atoms. The zero-order valence-electron chi connectivity index (χ0n) is 20.4. The molecule has 0 saturated heterocycles. The number of carbonyl (C=O) groups is 2. The predicted molar refractivity (Wildman–Crippen MR) is 139 cm³/mol. The van der Waals surface area contributed by atoms with Gasteiger partial charge in [0.15, 0.2) is 0 Å². The van der Waals surface area contributed by atoms with Gasteiger partial charge in [-0.1, -0.05) is 30.3 Å². The van der Waals surface area contributed by atoms with Gasteiger partial charge in [-0.15, -0.1) is 0 Å². The van der Waals surface area contributed by atoms with Crippen LogP contribution in [0, 0.1) is 20.8 Å². The minimum absolute atomic E-state index is 0.0584. The minimum atomic E-state index is -0.156. The number of fused-ring (bicyclic) bond motifs is 3. The van der Waals surface area contributed by atoms with E-state index in [1.807, 2.05) is 92.1 Å². The zero-order valence-corrected chi connectivity index (χ0v) is 20.4. The SMILES string of the molecule is Cc1cc(NC(=O)c2cccc(C)c2C)ccc1C(=O)N1CCc2cn(C)nc2-c2ccccc21. The van der Waals surface area contributed by atoms with Gasteiger partial charge in [-0.3, -0.25) is 14.3 Å². The van der Waals surface area contributed by atoms with Crippen molar-refractivity contribution in [3.8, 4) is 11.3 Å². The number of aromatic nitrogens is 2. The molecule has 3 aromatic carbocycles. The number of hydrogen-bond acceptors (Lipinski definition) is 3. The van der Waals surface area contributed by atoms with E-state index in [1.165, 1.54) is 0 Å². The highest BCUT2D eigenvalue weighted by Gasteiger charge is 2.27. The second kappa shape index (κ2) is 8.87. The average molecular weight is 465 g/mol. The maximum absolute atomic E-state index is 13.7. The van der Waals surface area contributed by atoms with E-state index >= 15 is 0 Å². The molecule has 1 aromatic heterocycles. The summed E-state index contributed by atoms with van der Waals surface area (Å²) >= 11 is 0. The lowest BCUT2D eigenvalue weighted by atomic mass is 10.0. The first-order valence-corrected chi connectivity index (χ1v) is 11.8. The molecule has 0 spiro atoms. The highest BCUT2D eigenvalue weighted by Crippen LogP contribution is 2.36. The fourth-order valence-corrected chi connectivity index (χ4v) is 4.74. The molecule has 0 fully saturated rings. The van der Waals surface area contributed by atoms with Crippen LogP contribution >= 0.6 is 0 Å². The Kier molecular flexibility index (Phi) is 5.73. The summed E-state index contributed by atoms with van der Waals surface area (Å²) in [5.74, 6) is -0.214. The molecule has 0 aliphatic carbocycles. The van der Waals surface area contributed by atoms with Crippen LogP contribution in [-0.2, 0) is 13.5 Å². The van der Waals surface area contributed by atoms with E-state index in [2.05, 4.69) is 10.4 Å². The summed E-state index contributed by atoms with van der Waals surface area (Å²) in [6.45, 7) is 6.41. The van der Waals surface area contributed by atoms with E-state index < -0.39 is 0 Å². The molecule has 2 heterocycles. The number of nitrogens with zero attached hydrogens (tertiary/aromatic N) is 3. The number of rotatable bonds is 3. The van der Waals surface area contributed by atoms with Crippen LogP contribution in [0.15, 0.2) is 66.9 Å². The van der Waals surface area contributed by atoms with Crippen LogP contribution in [-0.4, -0.2) is 28.1 Å². The van der Waals surface area contributed by atoms with Crippen LogP contribution < -0.4 is 10.2 Å². The zero-order chi connectivity index (χ0) is 24.7. The van der Waals surface area contributed by atoms with Crippen molar-refractivity contribution in [2.45, 2.75) is 27.2 Å². The highest BCUT2D eigenvalue weighted by atomic mass is 16.2. The Morgan fingerprint density at radius 2 is 1.71 bits per heavy atom. The number of anilines is 2. The Morgan fingerprint density at radius 1 is 0.914 bits per heavy atom. The smallest absolute Gasteiger partial charge is 0.258 e. The van der Waals surface area contributed by atoms with Gasteiger partial charge in [0.1, 0.15) is 0 Å². The van der Waals surface area contributed by atoms with Crippen molar-refractivity contribution in [1.29, 1.82) is 0 Å². The molecule has 6 heteroatoms. The van der Waals surface area contributed by atoms with Crippen molar-refractivity contribution in [3.63, 3.8) is 0 Å². The summed E-state index contributed by atoms with van der Waals surface area (Å²) in [5, 5.41) is 7.63. The van der Waals surface area contributed by atoms with Crippen molar-refractivity contribution in [3.05, 3.63) is 100 Å². The van der Waals surface area contributed by atoms with E-state index in [1.54, 1.807) is 12.1 Å². The number of hydrogen-bond donors (Lipinski definition) is 1. The summed E-state index contributed by atoms with van der Waals surface area (Å²) in [6.07, 6.45) is 2.76. The fraction of sp³-hybridized carbons (Fsp3) is 0.207. The third-order valence-corrected chi connectivity index (χ3v) is 6.77. The molecular weight excluding hydrogens is 436 g/mol. The van der Waals surface area contributed by atoms with Crippen LogP contribution in [0.1, 0.15) is 43.0 Å². The summed E-state index contributed by atoms with van der Waals surface area (Å²) < 4.78 is 1.83. The maximum atomic E-state index is 13.7. The van der Waals surface area contributed by atoms with Gasteiger partial charge in [-0.05, 0) is 79.8 Å². The van der Waals surface area contributed by atoms with Crippen LogP contribution in [0.25, 0.3) is 11.3 Å². The second-order valence-corrected chi connectivity index (χ2v) is 9.13. The fourth-order valence-electron chi connectivity index (χ4n) is 4.74. The molecule has 1 N–H and O–H groups in total. The molecule has 0 radical (unpaired) electrons. The molecule has 0 atom stereocenters. The molecule has 2 amide bonds. The summed E-state index contributed by atoms with van der Waals surface area (Å²) in [7, 11) is 1.92. The molecule has 6 nitrogen and oxygen atoms in total. The first-order chi connectivity index (χ1) is 16.8. The van der Waals surface area contributed by atoms with E-state index in [-0.39, 0.29) is 11.8 Å². The number of nitrogens with one attached hydrogen (secondary N) is 1. The minimum Gasteiger partial charge on any atom is -0.322 e. The quantitative estimate of drug-likeness (QED) is 0.437. The van der Waals surface area contributed by atoms with Gasteiger partial charge in [0.2, 0.25) is 0 Å². The van der Waals surface area contributed by atoms with Crippen molar-refractivity contribution >= 4 is 23.2 Å². The van der Waals surface area contributed by atoms with Crippen molar-refractivity contribution in [2.24, 2.45) is 7.05 Å². The molecule has 1 aliphatic heterocycles. The molecule has 4 aromatic rings. The lowest BCUT2D eigenvalue weighted by Crippen LogP contribution is -2.33. The third kappa shape index (κ3) is 4.12. The predicted octanol–water partition coefficient (Wildman–Crippen LogP) is 5.47. The Labute approximate surface area is 205 Å². The van der Waals surface area contributed by atoms with Crippen LogP contribution in [0.4, 0.5) is 11.4 Å². The first kappa shape index (κ1) is 22.6. The number of amides is 2. The van der Waals surface area contributed by atoms with E-state index in [9.17, 15) is 9.59 Å². The lowest BCUT2D eigenvalue weighted by molar-refractivity contribution is 0.0985. The van der Waals surface area contributed by atoms with Crippen LogP contribution in [0.3, 0.4) is 0 Å². The molecule has 0 unspecified atom stereocenters. The molecule has 0 saturated carbocycles. The average Bonchev–Trinajstić information content (AvgIpc) is 3.14. The standard InChI is InChI=1S/C29H28N4O2/c1-18-8-7-10-24(20(18)3)28(34)30-22-12-13-23(19(2)16-22)29(35)33-15-14-21-17-32(4)31-27(21)25-9-5-6-11-26(25)33/h5-13,16-17H,14-15H2,1-4H3,(H,30,34). The monoisotopic (exact) mass is 464 g/mol. The number of para-hydroxylation sites is 1. The van der Waals surface area contributed by atoms with E-state index in [0.29, 0.717) is 23.4 Å². The third-order valence-electron chi connectivity index (χ3n) is 6.77. The van der Waals surface area contributed by atoms with Gasteiger partial charge in [0.05, 0.1) is 11.4 Å². The van der Waals surface area contributed by atoms with Crippen LogP contribution in [0.2, 0.25) is 0 Å². The molecule has 1 aliphatic rings. The Balaban J connectivity index is 1.42. The van der Waals surface area contributed by atoms with Gasteiger partial charge in [-0.25, -0.2) is 0 Å². The largest absolute Gasteiger partial charge is 0.322 e. The van der Waals surface area contributed by atoms with Gasteiger partial charge in [0, 0.05) is 42.2 Å². The number of benzene rings is 3. The summed E-state index contributed by atoms with van der Waals surface area (Å²) in [4.78, 5) is 28.4. The number of aryl methyl sites for hydroxylation is 3. The highest BCUT2D eigenvalue weighted by molar-refractivity contribution is 6.10. The van der Waals surface area contributed by atoms with Crippen molar-refractivity contribution in [1.82, 2.24) is 9.78 Å². The molecule has 35 heavy (non-hydrogen) atoms. The molecule has 5 rings (SSSR count). The summed E-state index contributed by atoms with van der Waals surface area (Å²) in [5.41, 5.74) is 8.67. The number of carbonyl (C=O) groups excluding carboxylic acids is 2. The van der Waals surface area contributed by atoms with Gasteiger partial charge in [-0.2, -0.15) is 5.10 Å². The lowest BCUT2D eigenvalue weighted by Gasteiger charge is -2.24. The molecular formula is C29H28N4O2. The molecule has 176 valence electrons. The Morgan fingerprint density at radius 3 is 2.51 bits per heavy atom. The van der Waals surface area contributed by atoms with E-state index in [0.717, 1.165) is 45.6 Å². The van der Waals surface area contributed by atoms with E-state index in [4.69, 9.17) is 0 Å². The Hall–Kier alpha value is -4.19. The second-order valence-electron chi connectivity index (χ2n) is 9.13.